The Morgan fingerprint density at radius 1 is 1.11 bits per heavy atom. The first-order valence-electron chi connectivity index (χ1n) is 8.80. The average molecular weight is 378 g/mol. The first kappa shape index (κ1) is 19.0. The van der Waals surface area contributed by atoms with E-state index in [0.29, 0.717) is 6.54 Å². The first-order chi connectivity index (χ1) is 12.9. The highest BCUT2D eigenvalue weighted by atomic mass is 19.4. The summed E-state index contributed by atoms with van der Waals surface area (Å²) < 4.78 is 38.9. The highest BCUT2D eigenvalue weighted by Gasteiger charge is 2.33. The minimum Gasteiger partial charge on any atom is -0.357 e. The summed E-state index contributed by atoms with van der Waals surface area (Å²) in [7, 11) is 0. The predicted molar refractivity (Wildman–Crippen MR) is 97.6 cm³/mol. The summed E-state index contributed by atoms with van der Waals surface area (Å²) in [6.45, 7) is 2.10. The number of nitrogens with zero attached hydrogens (tertiary/aromatic N) is 2. The number of piperidine rings is 1. The third kappa shape index (κ3) is 5.12. The minimum absolute atomic E-state index is 0.243. The van der Waals surface area contributed by atoms with Crippen LogP contribution < -0.4 is 15.5 Å². The van der Waals surface area contributed by atoms with Gasteiger partial charge in [0.25, 0.3) is 0 Å². The van der Waals surface area contributed by atoms with Crippen LogP contribution in [-0.2, 0) is 6.18 Å². The van der Waals surface area contributed by atoms with E-state index in [1.807, 2.05) is 18.2 Å². The number of anilines is 2. The van der Waals surface area contributed by atoms with Crippen molar-refractivity contribution in [2.24, 2.45) is 5.92 Å². The number of hydrogen-bond acceptors (Lipinski definition) is 3. The molecule has 2 aromatic rings. The van der Waals surface area contributed by atoms with Crippen molar-refractivity contribution >= 4 is 17.5 Å². The van der Waals surface area contributed by atoms with Gasteiger partial charge in [-0.05, 0) is 43.0 Å². The fraction of sp³-hybridized carbons (Fsp3) is 0.368. The maximum absolute atomic E-state index is 13.0. The lowest BCUT2D eigenvalue weighted by Crippen LogP contribution is -2.40. The van der Waals surface area contributed by atoms with Crippen LogP contribution in [0.15, 0.2) is 48.7 Å². The molecule has 0 spiro atoms. The molecule has 1 aliphatic rings. The number of carbonyl (C=O) groups is 1. The van der Waals surface area contributed by atoms with Gasteiger partial charge < -0.3 is 15.5 Å². The zero-order valence-electron chi connectivity index (χ0n) is 14.7. The third-order valence-corrected chi connectivity index (χ3v) is 4.62. The largest absolute Gasteiger partial charge is 0.418 e. The van der Waals surface area contributed by atoms with Crippen LogP contribution in [0.25, 0.3) is 0 Å². The van der Waals surface area contributed by atoms with E-state index in [9.17, 15) is 18.0 Å². The molecule has 0 atom stereocenters. The molecule has 2 heterocycles. The number of rotatable bonds is 4. The van der Waals surface area contributed by atoms with Crippen molar-refractivity contribution in [3.63, 3.8) is 0 Å². The van der Waals surface area contributed by atoms with Gasteiger partial charge in [-0.3, -0.25) is 0 Å². The Morgan fingerprint density at radius 3 is 2.48 bits per heavy atom. The summed E-state index contributed by atoms with van der Waals surface area (Å²) in [6.07, 6.45) is -0.986. The molecule has 0 bridgehead atoms. The Morgan fingerprint density at radius 2 is 1.81 bits per heavy atom. The lowest BCUT2D eigenvalue weighted by Gasteiger charge is -2.32. The molecule has 27 heavy (non-hydrogen) atoms. The number of para-hydroxylation sites is 1. The van der Waals surface area contributed by atoms with Gasteiger partial charge in [0.15, 0.2) is 0 Å². The number of pyridine rings is 1. The van der Waals surface area contributed by atoms with E-state index in [4.69, 9.17) is 0 Å². The van der Waals surface area contributed by atoms with E-state index >= 15 is 0 Å². The summed E-state index contributed by atoms with van der Waals surface area (Å²) in [5.41, 5.74) is -1.10. The van der Waals surface area contributed by atoms with Crippen LogP contribution in [0, 0.1) is 5.92 Å². The summed E-state index contributed by atoms with van der Waals surface area (Å²) in [5.74, 6) is 1.22. The number of nitrogens with one attached hydrogen (secondary N) is 2. The SMILES string of the molecule is O=C(NCC1CCN(c2ccccn2)CC1)Nc1ccccc1C(F)(F)F. The van der Waals surface area contributed by atoms with Crippen LogP contribution in [0.2, 0.25) is 0 Å². The van der Waals surface area contributed by atoms with Crippen molar-refractivity contribution in [2.45, 2.75) is 19.0 Å². The van der Waals surface area contributed by atoms with Gasteiger partial charge in [0, 0.05) is 25.8 Å². The van der Waals surface area contributed by atoms with Crippen molar-refractivity contribution in [1.82, 2.24) is 10.3 Å². The molecule has 1 fully saturated rings. The van der Waals surface area contributed by atoms with Gasteiger partial charge in [-0.2, -0.15) is 13.2 Å². The molecule has 1 aromatic heterocycles. The van der Waals surface area contributed by atoms with E-state index in [0.717, 1.165) is 37.8 Å². The van der Waals surface area contributed by atoms with Gasteiger partial charge >= 0.3 is 12.2 Å². The molecule has 1 saturated heterocycles. The van der Waals surface area contributed by atoms with Crippen LogP contribution in [0.3, 0.4) is 0 Å². The standard InChI is InChI=1S/C19H21F3N4O/c20-19(21,22)15-5-1-2-6-16(15)25-18(27)24-13-14-8-11-26(12-9-14)17-7-3-4-10-23-17/h1-7,10,14H,8-9,11-13H2,(H2,24,25,27). The molecule has 1 aromatic carbocycles. The van der Waals surface area contributed by atoms with Crippen molar-refractivity contribution in [3.05, 3.63) is 54.2 Å². The highest BCUT2D eigenvalue weighted by Crippen LogP contribution is 2.34. The van der Waals surface area contributed by atoms with Gasteiger partial charge in [0.1, 0.15) is 5.82 Å². The molecule has 0 unspecified atom stereocenters. The Kier molecular flexibility index (Phi) is 5.83. The third-order valence-electron chi connectivity index (χ3n) is 4.62. The van der Waals surface area contributed by atoms with E-state index < -0.39 is 17.8 Å². The monoisotopic (exact) mass is 378 g/mol. The molecule has 0 saturated carbocycles. The van der Waals surface area contributed by atoms with E-state index in [-0.39, 0.29) is 11.6 Å². The normalized spacial score (nSPS) is 15.4. The summed E-state index contributed by atoms with van der Waals surface area (Å²) >= 11 is 0. The molecular formula is C19H21F3N4O. The Bertz CT molecular complexity index is 759. The smallest absolute Gasteiger partial charge is 0.357 e. The maximum atomic E-state index is 13.0. The van der Waals surface area contributed by atoms with Crippen molar-refractivity contribution in [2.75, 3.05) is 29.9 Å². The van der Waals surface area contributed by atoms with Crippen LogP contribution in [0.1, 0.15) is 18.4 Å². The van der Waals surface area contributed by atoms with Crippen molar-refractivity contribution in [1.29, 1.82) is 0 Å². The Balaban J connectivity index is 1.47. The molecule has 2 N–H and O–H groups in total. The second-order valence-electron chi connectivity index (χ2n) is 6.50. The fourth-order valence-electron chi connectivity index (χ4n) is 3.15. The number of halogens is 3. The second-order valence-corrected chi connectivity index (χ2v) is 6.50. The molecule has 5 nitrogen and oxygen atoms in total. The van der Waals surface area contributed by atoms with Crippen LogP contribution in [0.5, 0.6) is 0 Å². The number of aromatic nitrogens is 1. The number of amides is 2. The average Bonchev–Trinajstić information content (AvgIpc) is 2.67. The number of hydrogen-bond donors (Lipinski definition) is 2. The molecule has 0 aliphatic carbocycles. The molecule has 8 heteroatoms. The molecular weight excluding hydrogens is 357 g/mol. The van der Waals surface area contributed by atoms with Gasteiger partial charge in [-0.1, -0.05) is 18.2 Å². The van der Waals surface area contributed by atoms with Gasteiger partial charge in [-0.15, -0.1) is 0 Å². The van der Waals surface area contributed by atoms with E-state index in [1.54, 1.807) is 6.20 Å². The Labute approximate surface area is 155 Å². The van der Waals surface area contributed by atoms with Gasteiger partial charge in [0.2, 0.25) is 0 Å². The van der Waals surface area contributed by atoms with E-state index in [1.165, 1.54) is 18.2 Å². The quantitative estimate of drug-likeness (QED) is 0.841. The van der Waals surface area contributed by atoms with Crippen molar-refractivity contribution < 1.29 is 18.0 Å². The van der Waals surface area contributed by atoms with Crippen molar-refractivity contribution in [3.8, 4) is 0 Å². The van der Waals surface area contributed by atoms with Gasteiger partial charge in [0.05, 0.1) is 11.3 Å². The molecule has 144 valence electrons. The highest BCUT2D eigenvalue weighted by molar-refractivity contribution is 5.90. The fourth-order valence-corrected chi connectivity index (χ4v) is 3.15. The predicted octanol–water partition coefficient (Wildman–Crippen LogP) is 4.14. The van der Waals surface area contributed by atoms with Crippen LogP contribution in [-0.4, -0.2) is 30.6 Å². The topological polar surface area (TPSA) is 57.3 Å². The molecule has 3 rings (SSSR count). The lowest BCUT2D eigenvalue weighted by molar-refractivity contribution is -0.136. The summed E-state index contributed by atoms with van der Waals surface area (Å²) in [6, 6.07) is 10.1. The zero-order valence-corrected chi connectivity index (χ0v) is 14.7. The first-order valence-corrected chi connectivity index (χ1v) is 8.80. The second kappa shape index (κ2) is 8.28. The maximum Gasteiger partial charge on any atom is 0.418 e. The summed E-state index contributed by atoms with van der Waals surface area (Å²) in [4.78, 5) is 18.5. The Hall–Kier alpha value is -2.77. The number of carbonyl (C=O) groups excluding carboxylic acids is 1. The van der Waals surface area contributed by atoms with Crippen LogP contribution in [0.4, 0.5) is 29.5 Å². The summed E-state index contributed by atoms with van der Waals surface area (Å²) in [5, 5.41) is 4.98. The van der Waals surface area contributed by atoms with Gasteiger partial charge in [-0.25, -0.2) is 9.78 Å². The lowest BCUT2D eigenvalue weighted by atomic mass is 9.97. The number of urea groups is 1. The number of benzene rings is 1. The van der Waals surface area contributed by atoms with Crippen LogP contribution >= 0.6 is 0 Å². The minimum atomic E-state index is -4.51. The molecule has 2 amide bonds. The zero-order chi connectivity index (χ0) is 19.3. The van der Waals surface area contributed by atoms with E-state index in [2.05, 4.69) is 20.5 Å². The molecule has 0 radical (unpaired) electrons. The number of alkyl halides is 3. The molecule has 1 aliphatic heterocycles.